The number of hydrogen-bond donors (Lipinski definition) is 1. The highest BCUT2D eigenvalue weighted by Gasteiger charge is 2.18. The summed E-state index contributed by atoms with van der Waals surface area (Å²) in [5.41, 5.74) is 2.38. The van der Waals surface area contributed by atoms with Crippen molar-refractivity contribution >= 4 is 5.82 Å². The molecule has 0 aliphatic carbocycles. The minimum absolute atomic E-state index is 0.474. The lowest BCUT2D eigenvalue weighted by Crippen LogP contribution is -2.31. The number of likely N-dealkylation sites (N-methyl/N-ethyl adjacent to an activating group) is 1. The first-order valence-corrected chi connectivity index (χ1v) is 7.01. The second kappa shape index (κ2) is 7.50. The maximum Gasteiger partial charge on any atom is 0.131 e. The van der Waals surface area contributed by atoms with E-state index in [1.165, 1.54) is 11.4 Å². The molecule has 0 fully saturated rings. The van der Waals surface area contributed by atoms with Gasteiger partial charge in [0.25, 0.3) is 0 Å². The molecule has 1 heterocycles. The predicted molar refractivity (Wildman–Crippen MR) is 79.7 cm³/mol. The third kappa shape index (κ3) is 4.21. The first-order chi connectivity index (χ1) is 9.01. The number of nitrogens with one attached hydrogen (secondary N) is 1. The summed E-state index contributed by atoms with van der Waals surface area (Å²) >= 11 is 0. The zero-order chi connectivity index (χ0) is 14.4. The first kappa shape index (κ1) is 16.0. The minimum Gasteiger partial charge on any atom is -0.383 e. The number of methoxy groups -OCH3 is 1. The van der Waals surface area contributed by atoms with Crippen LogP contribution in [0.3, 0.4) is 0 Å². The van der Waals surface area contributed by atoms with E-state index in [1.54, 1.807) is 7.11 Å². The molecule has 1 aromatic rings. The van der Waals surface area contributed by atoms with Crippen LogP contribution in [0.5, 0.6) is 0 Å². The van der Waals surface area contributed by atoms with Gasteiger partial charge in [0.1, 0.15) is 5.82 Å². The molecule has 1 N–H and O–H groups in total. The van der Waals surface area contributed by atoms with Crippen LogP contribution in [-0.2, 0) is 18.3 Å². The van der Waals surface area contributed by atoms with Crippen LogP contribution in [0.1, 0.15) is 32.0 Å². The fourth-order valence-electron chi connectivity index (χ4n) is 2.21. The molecule has 0 aromatic carbocycles. The highest BCUT2D eigenvalue weighted by Crippen LogP contribution is 2.23. The van der Waals surface area contributed by atoms with Gasteiger partial charge in [-0.05, 0) is 13.8 Å². The Bertz CT molecular complexity index is 387. The lowest BCUT2D eigenvalue weighted by molar-refractivity contribution is 0.205. The van der Waals surface area contributed by atoms with Gasteiger partial charge in [-0.1, -0.05) is 13.8 Å². The summed E-state index contributed by atoms with van der Waals surface area (Å²) < 4.78 is 7.17. The zero-order valence-electron chi connectivity index (χ0n) is 13.2. The topological polar surface area (TPSA) is 42.3 Å². The molecule has 0 radical (unpaired) electrons. The molecule has 0 atom stereocenters. The molecule has 5 nitrogen and oxygen atoms in total. The summed E-state index contributed by atoms with van der Waals surface area (Å²) in [6.45, 7) is 12.0. The van der Waals surface area contributed by atoms with Gasteiger partial charge in [0.15, 0.2) is 0 Å². The van der Waals surface area contributed by atoms with Gasteiger partial charge in [-0.25, -0.2) is 0 Å². The second-order valence-corrected chi connectivity index (χ2v) is 5.12. The molecule has 0 aliphatic rings. The Morgan fingerprint density at radius 2 is 2.11 bits per heavy atom. The maximum atomic E-state index is 5.19. The Kier molecular flexibility index (Phi) is 6.31. The van der Waals surface area contributed by atoms with Crippen molar-refractivity contribution in [2.45, 2.75) is 40.3 Å². The first-order valence-electron chi connectivity index (χ1n) is 7.01. The average molecular weight is 268 g/mol. The van der Waals surface area contributed by atoms with Crippen LogP contribution in [-0.4, -0.2) is 42.6 Å². The number of aromatic nitrogens is 2. The molecule has 0 spiro atoms. The molecule has 1 aromatic heterocycles. The van der Waals surface area contributed by atoms with Crippen molar-refractivity contribution in [1.29, 1.82) is 0 Å². The number of aryl methyl sites for hydroxylation is 2. The molecule has 110 valence electrons. The van der Waals surface area contributed by atoms with Crippen molar-refractivity contribution < 1.29 is 4.74 Å². The van der Waals surface area contributed by atoms with Gasteiger partial charge in [0.2, 0.25) is 0 Å². The van der Waals surface area contributed by atoms with E-state index < -0.39 is 0 Å². The number of hydrogen-bond acceptors (Lipinski definition) is 4. The molecule has 0 amide bonds. The van der Waals surface area contributed by atoms with Gasteiger partial charge < -0.3 is 15.0 Å². The predicted octanol–water partition coefficient (Wildman–Crippen LogP) is 1.70. The van der Waals surface area contributed by atoms with Gasteiger partial charge in [0, 0.05) is 45.4 Å². The lowest BCUT2D eigenvalue weighted by atomic mass is 10.2. The Labute approximate surface area is 116 Å². The van der Waals surface area contributed by atoms with Crippen LogP contribution in [0.2, 0.25) is 0 Å². The molecular formula is C14H28N4O. The zero-order valence-corrected chi connectivity index (χ0v) is 13.2. The van der Waals surface area contributed by atoms with Crippen molar-refractivity contribution in [3.8, 4) is 0 Å². The van der Waals surface area contributed by atoms with Crippen LogP contribution in [0, 0.1) is 6.92 Å². The second-order valence-electron chi connectivity index (χ2n) is 5.12. The van der Waals surface area contributed by atoms with Gasteiger partial charge in [-0.15, -0.1) is 0 Å². The number of ether oxygens (including phenoxy) is 1. The SMILES string of the molecule is CCN(CCOC)c1c(CNC(C)C)c(C)nn1C. The van der Waals surface area contributed by atoms with Gasteiger partial charge in [0.05, 0.1) is 12.3 Å². The normalized spacial score (nSPS) is 11.3. The molecule has 19 heavy (non-hydrogen) atoms. The lowest BCUT2D eigenvalue weighted by Gasteiger charge is -2.24. The number of nitrogens with zero attached hydrogens (tertiary/aromatic N) is 3. The smallest absolute Gasteiger partial charge is 0.131 e. The van der Waals surface area contributed by atoms with Crippen LogP contribution < -0.4 is 10.2 Å². The van der Waals surface area contributed by atoms with Gasteiger partial charge in [-0.3, -0.25) is 4.68 Å². The van der Waals surface area contributed by atoms with Crippen LogP contribution in [0.25, 0.3) is 0 Å². The summed E-state index contributed by atoms with van der Waals surface area (Å²) in [7, 11) is 3.75. The van der Waals surface area contributed by atoms with E-state index in [1.807, 2.05) is 11.7 Å². The van der Waals surface area contributed by atoms with Crippen molar-refractivity contribution in [2.75, 3.05) is 31.7 Å². The third-order valence-electron chi connectivity index (χ3n) is 3.25. The highest BCUT2D eigenvalue weighted by molar-refractivity contribution is 5.50. The van der Waals surface area contributed by atoms with Crippen molar-refractivity contribution in [2.24, 2.45) is 7.05 Å². The molecule has 5 heteroatoms. The Hall–Kier alpha value is -1.07. The fourth-order valence-corrected chi connectivity index (χ4v) is 2.21. The summed E-state index contributed by atoms with van der Waals surface area (Å²) in [5, 5.41) is 8.04. The number of anilines is 1. The quantitative estimate of drug-likeness (QED) is 0.779. The van der Waals surface area contributed by atoms with Gasteiger partial charge >= 0.3 is 0 Å². The third-order valence-corrected chi connectivity index (χ3v) is 3.25. The highest BCUT2D eigenvalue weighted by atomic mass is 16.5. The average Bonchev–Trinajstić information content (AvgIpc) is 2.63. The van der Waals surface area contributed by atoms with E-state index in [0.717, 1.165) is 31.9 Å². The summed E-state index contributed by atoms with van der Waals surface area (Å²) in [4.78, 5) is 2.32. The Morgan fingerprint density at radius 3 is 2.63 bits per heavy atom. The van der Waals surface area contributed by atoms with Crippen LogP contribution in [0.4, 0.5) is 5.82 Å². The molecule has 0 aliphatic heterocycles. The van der Waals surface area contributed by atoms with E-state index in [2.05, 4.69) is 43.0 Å². The van der Waals surface area contributed by atoms with Crippen LogP contribution in [0.15, 0.2) is 0 Å². The van der Waals surface area contributed by atoms with E-state index in [0.29, 0.717) is 6.04 Å². The fraction of sp³-hybridized carbons (Fsp3) is 0.786. The van der Waals surface area contributed by atoms with Crippen molar-refractivity contribution in [3.63, 3.8) is 0 Å². The molecule has 0 bridgehead atoms. The maximum absolute atomic E-state index is 5.19. The molecular weight excluding hydrogens is 240 g/mol. The molecule has 0 saturated heterocycles. The van der Waals surface area contributed by atoms with E-state index in [9.17, 15) is 0 Å². The molecule has 1 rings (SSSR count). The summed E-state index contributed by atoms with van der Waals surface area (Å²) in [5.74, 6) is 1.20. The number of rotatable bonds is 8. The van der Waals surface area contributed by atoms with Crippen molar-refractivity contribution in [3.05, 3.63) is 11.3 Å². The van der Waals surface area contributed by atoms with E-state index in [-0.39, 0.29) is 0 Å². The van der Waals surface area contributed by atoms with Crippen LogP contribution >= 0.6 is 0 Å². The minimum atomic E-state index is 0.474. The molecule has 0 saturated carbocycles. The Morgan fingerprint density at radius 1 is 1.42 bits per heavy atom. The van der Waals surface area contributed by atoms with Gasteiger partial charge in [-0.2, -0.15) is 5.10 Å². The molecule has 0 unspecified atom stereocenters. The monoisotopic (exact) mass is 268 g/mol. The van der Waals surface area contributed by atoms with E-state index >= 15 is 0 Å². The van der Waals surface area contributed by atoms with Crippen molar-refractivity contribution in [1.82, 2.24) is 15.1 Å². The Balaban J connectivity index is 2.95. The standard InChI is InChI=1S/C14H28N4O/c1-7-18(8-9-19-6)14-13(10-15-11(2)3)12(4)16-17(14)5/h11,15H,7-10H2,1-6H3. The van der Waals surface area contributed by atoms with E-state index in [4.69, 9.17) is 4.74 Å². The summed E-state index contributed by atoms with van der Waals surface area (Å²) in [6.07, 6.45) is 0. The summed E-state index contributed by atoms with van der Waals surface area (Å²) in [6, 6.07) is 0.474. The largest absolute Gasteiger partial charge is 0.383 e.